The SMILES string of the molecule is O=C(NC1CCOCC1)c1cccc(C#CCO)c1. The maximum absolute atomic E-state index is 12.1. The van der Waals surface area contributed by atoms with E-state index in [-0.39, 0.29) is 18.6 Å². The summed E-state index contributed by atoms with van der Waals surface area (Å²) >= 11 is 0. The fourth-order valence-corrected chi connectivity index (χ4v) is 1.99. The fraction of sp³-hybridized carbons (Fsp3) is 0.400. The molecule has 1 aromatic rings. The van der Waals surface area contributed by atoms with E-state index < -0.39 is 0 Å². The van der Waals surface area contributed by atoms with Crippen LogP contribution in [-0.2, 0) is 4.74 Å². The summed E-state index contributed by atoms with van der Waals surface area (Å²) in [6, 6.07) is 7.29. The average molecular weight is 259 g/mol. The van der Waals surface area contributed by atoms with Gasteiger partial charge in [0.05, 0.1) is 0 Å². The Labute approximate surface area is 112 Å². The molecule has 0 atom stereocenters. The van der Waals surface area contributed by atoms with Crippen molar-refractivity contribution >= 4 is 5.91 Å². The third-order valence-electron chi connectivity index (χ3n) is 2.99. The molecule has 0 aliphatic carbocycles. The number of hydrogen-bond donors (Lipinski definition) is 2. The molecule has 1 aromatic carbocycles. The number of hydrogen-bond acceptors (Lipinski definition) is 3. The summed E-state index contributed by atoms with van der Waals surface area (Å²) in [4.78, 5) is 12.1. The zero-order valence-electron chi connectivity index (χ0n) is 10.7. The molecule has 1 fully saturated rings. The Morgan fingerprint density at radius 1 is 1.42 bits per heavy atom. The summed E-state index contributed by atoms with van der Waals surface area (Å²) in [6.07, 6.45) is 1.71. The first-order valence-electron chi connectivity index (χ1n) is 6.38. The number of rotatable bonds is 2. The van der Waals surface area contributed by atoms with Crippen molar-refractivity contribution in [2.45, 2.75) is 18.9 Å². The van der Waals surface area contributed by atoms with Crippen molar-refractivity contribution < 1.29 is 14.6 Å². The Kier molecular flexibility index (Phi) is 4.96. The van der Waals surface area contributed by atoms with Gasteiger partial charge in [-0.15, -0.1) is 0 Å². The van der Waals surface area contributed by atoms with Gasteiger partial charge in [0.2, 0.25) is 0 Å². The highest BCUT2D eigenvalue weighted by atomic mass is 16.5. The Morgan fingerprint density at radius 2 is 2.21 bits per heavy atom. The minimum Gasteiger partial charge on any atom is -0.384 e. The van der Waals surface area contributed by atoms with Gasteiger partial charge in [0.15, 0.2) is 0 Å². The summed E-state index contributed by atoms with van der Waals surface area (Å²) < 4.78 is 5.26. The molecule has 0 saturated carbocycles. The lowest BCUT2D eigenvalue weighted by atomic mass is 10.1. The second-order valence-corrected chi connectivity index (χ2v) is 4.40. The van der Waals surface area contributed by atoms with Crippen LogP contribution in [0.4, 0.5) is 0 Å². The van der Waals surface area contributed by atoms with Gasteiger partial charge >= 0.3 is 0 Å². The van der Waals surface area contributed by atoms with Gasteiger partial charge < -0.3 is 15.2 Å². The van der Waals surface area contributed by atoms with Crippen molar-refractivity contribution in [2.75, 3.05) is 19.8 Å². The number of aliphatic hydroxyl groups is 1. The zero-order valence-corrected chi connectivity index (χ0v) is 10.7. The smallest absolute Gasteiger partial charge is 0.251 e. The van der Waals surface area contributed by atoms with Gasteiger partial charge in [0.1, 0.15) is 6.61 Å². The van der Waals surface area contributed by atoms with Crippen LogP contribution in [0, 0.1) is 11.8 Å². The molecule has 0 aromatic heterocycles. The van der Waals surface area contributed by atoms with Gasteiger partial charge in [-0.1, -0.05) is 17.9 Å². The monoisotopic (exact) mass is 259 g/mol. The van der Waals surface area contributed by atoms with Crippen LogP contribution in [0.25, 0.3) is 0 Å². The van der Waals surface area contributed by atoms with Crippen molar-refractivity contribution in [3.05, 3.63) is 35.4 Å². The average Bonchev–Trinajstić information content (AvgIpc) is 2.46. The summed E-state index contributed by atoms with van der Waals surface area (Å²) in [7, 11) is 0. The van der Waals surface area contributed by atoms with Crippen LogP contribution in [-0.4, -0.2) is 36.9 Å². The minimum atomic E-state index is -0.182. The van der Waals surface area contributed by atoms with E-state index in [2.05, 4.69) is 17.2 Å². The second-order valence-electron chi connectivity index (χ2n) is 4.40. The van der Waals surface area contributed by atoms with Gasteiger partial charge in [0, 0.05) is 30.4 Å². The molecular formula is C15H17NO3. The first-order valence-corrected chi connectivity index (χ1v) is 6.38. The minimum absolute atomic E-state index is 0.0838. The van der Waals surface area contributed by atoms with Crippen LogP contribution in [0.3, 0.4) is 0 Å². The number of nitrogens with one attached hydrogen (secondary N) is 1. The Morgan fingerprint density at radius 3 is 2.95 bits per heavy atom. The van der Waals surface area contributed by atoms with E-state index in [4.69, 9.17) is 9.84 Å². The normalized spacial score (nSPS) is 15.4. The standard InChI is InChI=1S/C15H17NO3/c17-8-2-4-12-3-1-5-13(11-12)15(18)16-14-6-9-19-10-7-14/h1,3,5,11,14,17H,6-10H2,(H,16,18). The van der Waals surface area contributed by atoms with Gasteiger partial charge in [-0.05, 0) is 31.0 Å². The second kappa shape index (κ2) is 6.93. The van der Waals surface area contributed by atoms with E-state index in [1.165, 1.54) is 0 Å². The van der Waals surface area contributed by atoms with Gasteiger partial charge in [-0.25, -0.2) is 0 Å². The van der Waals surface area contributed by atoms with Crippen molar-refractivity contribution in [1.29, 1.82) is 0 Å². The molecule has 0 bridgehead atoms. The summed E-state index contributed by atoms with van der Waals surface area (Å²) in [5.41, 5.74) is 1.32. The van der Waals surface area contributed by atoms with Crippen LogP contribution in [0.2, 0.25) is 0 Å². The molecule has 1 saturated heterocycles. The molecule has 0 radical (unpaired) electrons. The molecule has 4 heteroatoms. The number of ether oxygens (including phenoxy) is 1. The predicted molar refractivity (Wildman–Crippen MR) is 71.7 cm³/mol. The zero-order chi connectivity index (χ0) is 13.5. The van der Waals surface area contributed by atoms with Crippen molar-refractivity contribution in [2.24, 2.45) is 0 Å². The molecule has 1 amide bonds. The highest BCUT2D eigenvalue weighted by molar-refractivity contribution is 5.94. The van der Waals surface area contributed by atoms with E-state index in [1.807, 2.05) is 6.07 Å². The lowest BCUT2D eigenvalue weighted by molar-refractivity contribution is 0.0696. The molecule has 19 heavy (non-hydrogen) atoms. The van der Waals surface area contributed by atoms with E-state index >= 15 is 0 Å². The topological polar surface area (TPSA) is 58.6 Å². The van der Waals surface area contributed by atoms with Crippen LogP contribution in [0.5, 0.6) is 0 Å². The van der Waals surface area contributed by atoms with Crippen molar-refractivity contribution in [3.63, 3.8) is 0 Å². The summed E-state index contributed by atoms with van der Waals surface area (Å²) in [5, 5.41) is 11.7. The Hall–Kier alpha value is -1.83. The Bertz CT molecular complexity index is 496. The van der Waals surface area contributed by atoms with E-state index in [0.717, 1.165) is 18.4 Å². The van der Waals surface area contributed by atoms with Crippen LogP contribution >= 0.6 is 0 Å². The predicted octanol–water partition coefficient (Wildman–Crippen LogP) is 0.939. The van der Waals surface area contributed by atoms with Crippen LogP contribution in [0.1, 0.15) is 28.8 Å². The maximum Gasteiger partial charge on any atom is 0.251 e. The van der Waals surface area contributed by atoms with Crippen LogP contribution < -0.4 is 5.32 Å². The third kappa shape index (κ3) is 4.09. The molecule has 1 heterocycles. The van der Waals surface area contributed by atoms with E-state index in [1.54, 1.807) is 18.2 Å². The quantitative estimate of drug-likeness (QED) is 0.777. The first-order chi connectivity index (χ1) is 9.29. The van der Waals surface area contributed by atoms with Gasteiger partial charge in [-0.2, -0.15) is 0 Å². The molecule has 4 nitrogen and oxygen atoms in total. The van der Waals surface area contributed by atoms with E-state index in [9.17, 15) is 4.79 Å². The summed E-state index contributed by atoms with van der Waals surface area (Å²) in [5.74, 6) is 5.28. The molecule has 0 unspecified atom stereocenters. The van der Waals surface area contributed by atoms with Gasteiger partial charge in [0.25, 0.3) is 5.91 Å². The molecular weight excluding hydrogens is 242 g/mol. The molecule has 1 aliphatic rings. The van der Waals surface area contributed by atoms with E-state index in [0.29, 0.717) is 18.8 Å². The molecule has 1 aliphatic heterocycles. The molecule has 2 rings (SSSR count). The van der Waals surface area contributed by atoms with Crippen molar-refractivity contribution in [3.8, 4) is 11.8 Å². The largest absolute Gasteiger partial charge is 0.384 e. The highest BCUT2D eigenvalue weighted by Gasteiger charge is 2.16. The van der Waals surface area contributed by atoms with Crippen LogP contribution in [0.15, 0.2) is 24.3 Å². The lowest BCUT2D eigenvalue weighted by Crippen LogP contribution is -2.38. The molecule has 2 N–H and O–H groups in total. The van der Waals surface area contributed by atoms with Gasteiger partial charge in [-0.3, -0.25) is 4.79 Å². The maximum atomic E-state index is 12.1. The third-order valence-corrected chi connectivity index (χ3v) is 2.99. The Balaban J connectivity index is 2.01. The lowest BCUT2D eigenvalue weighted by Gasteiger charge is -2.23. The first kappa shape index (κ1) is 13.6. The number of amides is 1. The van der Waals surface area contributed by atoms with Crippen molar-refractivity contribution in [1.82, 2.24) is 5.32 Å². The molecule has 0 spiro atoms. The number of aliphatic hydroxyl groups excluding tert-OH is 1. The highest BCUT2D eigenvalue weighted by Crippen LogP contribution is 2.09. The number of carbonyl (C=O) groups excluding carboxylic acids is 1. The molecule has 100 valence electrons. The summed E-state index contributed by atoms with van der Waals surface area (Å²) in [6.45, 7) is 1.22. The number of carbonyl (C=O) groups is 1. The number of benzene rings is 1. The fourth-order valence-electron chi connectivity index (χ4n) is 1.99.